The number of hydrogen-bond acceptors (Lipinski definition) is 5. The Labute approximate surface area is 131 Å². The van der Waals surface area contributed by atoms with Crippen molar-refractivity contribution in [2.75, 3.05) is 7.11 Å². The standard InChI is InChI=1S/C15H16N4O2S/c1-9(2)19-10(6-7-16-19)4-5-13-17-11-8-12(15(20)21-3)18-14(11)22-13/h4-9,18H,1-3H3/b5-4+. The highest BCUT2D eigenvalue weighted by molar-refractivity contribution is 7.19. The van der Waals surface area contributed by atoms with Crippen molar-refractivity contribution in [3.63, 3.8) is 0 Å². The Kier molecular flexibility index (Phi) is 3.81. The number of esters is 1. The summed E-state index contributed by atoms with van der Waals surface area (Å²) in [7, 11) is 1.36. The van der Waals surface area contributed by atoms with Crippen molar-refractivity contribution in [1.29, 1.82) is 0 Å². The third kappa shape index (κ3) is 2.67. The second-order valence-corrected chi connectivity index (χ2v) is 6.10. The average Bonchev–Trinajstić information content (AvgIpc) is 3.17. The monoisotopic (exact) mass is 316 g/mol. The van der Waals surface area contributed by atoms with Gasteiger partial charge in [0.1, 0.15) is 21.0 Å². The van der Waals surface area contributed by atoms with Crippen molar-refractivity contribution >= 4 is 39.8 Å². The lowest BCUT2D eigenvalue weighted by Gasteiger charge is -2.07. The summed E-state index contributed by atoms with van der Waals surface area (Å²) in [4.78, 5) is 19.8. The van der Waals surface area contributed by atoms with Gasteiger partial charge in [0, 0.05) is 12.2 Å². The molecule has 0 aliphatic rings. The summed E-state index contributed by atoms with van der Waals surface area (Å²) in [6.45, 7) is 4.18. The van der Waals surface area contributed by atoms with Crippen LogP contribution in [-0.4, -0.2) is 32.8 Å². The largest absolute Gasteiger partial charge is 0.464 e. The van der Waals surface area contributed by atoms with Crippen molar-refractivity contribution in [2.45, 2.75) is 19.9 Å². The van der Waals surface area contributed by atoms with Gasteiger partial charge in [0.05, 0.1) is 12.8 Å². The van der Waals surface area contributed by atoms with E-state index in [2.05, 4.69) is 33.7 Å². The van der Waals surface area contributed by atoms with Crippen molar-refractivity contribution in [3.8, 4) is 0 Å². The molecule has 0 spiro atoms. The van der Waals surface area contributed by atoms with Crippen LogP contribution in [0.1, 0.15) is 41.1 Å². The SMILES string of the molecule is COC(=O)c1cc2nc(/C=C/c3ccnn3C(C)C)sc2[nH]1. The zero-order valence-electron chi connectivity index (χ0n) is 12.5. The van der Waals surface area contributed by atoms with E-state index in [1.54, 1.807) is 12.3 Å². The Morgan fingerprint density at radius 1 is 1.45 bits per heavy atom. The van der Waals surface area contributed by atoms with Crippen molar-refractivity contribution < 1.29 is 9.53 Å². The van der Waals surface area contributed by atoms with Gasteiger partial charge in [0.2, 0.25) is 0 Å². The van der Waals surface area contributed by atoms with E-state index in [4.69, 9.17) is 0 Å². The third-order valence-corrected chi connectivity index (χ3v) is 4.14. The number of nitrogens with zero attached hydrogens (tertiary/aromatic N) is 3. The van der Waals surface area contributed by atoms with Crippen LogP contribution < -0.4 is 0 Å². The number of hydrogen-bond donors (Lipinski definition) is 1. The van der Waals surface area contributed by atoms with Crippen molar-refractivity contribution in [3.05, 3.63) is 34.7 Å². The molecule has 0 saturated carbocycles. The summed E-state index contributed by atoms with van der Waals surface area (Å²) in [5.74, 6) is -0.386. The number of aromatic amines is 1. The van der Waals surface area contributed by atoms with E-state index in [1.807, 2.05) is 22.9 Å². The van der Waals surface area contributed by atoms with E-state index in [-0.39, 0.29) is 5.97 Å². The second-order valence-electron chi connectivity index (χ2n) is 5.07. The van der Waals surface area contributed by atoms with Gasteiger partial charge >= 0.3 is 5.97 Å². The molecule has 3 aromatic rings. The summed E-state index contributed by atoms with van der Waals surface area (Å²) < 4.78 is 6.63. The number of aromatic nitrogens is 4. The Balaban J connectivity index is 1.85. The molecule has 0 unspecified atom stereocenters. The molecular formula is C15H16N4O2S. The maximum Gasteiger partial charge on any atom is 0.354 e. The molecule has 0 fully saturated rings. The third-order valence-electron chi connectivity index (χ3n) is 3.19. The molecular weight excluding hydrogens is 300 g/mol. The molecule has 0 aliphatic carbocycles. The van der Waals surface area contributed by atoms with Gasteiger partial charge in [-0.15, -0.1) is 0 Å². The van der Waals surface area contributed by atoms with Crippen LogP contribution in [0.2, 0.25) is 0 Å². The number of carbonyl (C=O) groups is 1. The maximum absolute atomic E-state index is 11.4. The second kappa shape index (κ2) is 5.76. The number of rotatable bonds is 4. The maximum atomic E-state index is 11.4. The summed E-state index contributed by atoms with van der Waals surface area (Å²) in [5.41, 5.74) is 2.22. The van der Waals surface area contributed by atoms with E-state index in [0.717, 1.165) is 21.0 Å². The van der Waals surface area contributed by atoms with Crippen LogP contribution in [0.5, 0.6) is 0 Å². The quantitative estimate of drug-likeness (QED) is 0.749. The molecule has 3 rings (SSSR count). The number of carbonyl (C=O) groups excluding carboxylic acids is 1. The molecule has 0 radical (unpaired) electrons. The van der Waals surface area contributed by atoms with Gasteiger partial charge < -0.3 is 9.72 Å². The molecule has 7 heteroatoms. The smallest absolute Gasteiger partial charge is 0.354 e. The molecule has 0 aromatic carbocycles. The van der Waals surface area contributed by atoms with E-state index in [1.165, 1.54) is 18.4 Å². The molecule has 1 N–H and O–H groups in total. The summed E-state index contributed by atoms with van der Waals surface area (Å²) in [5, 5.41) is 5.16. The minimum absolute atomic E-state index is 0.308. The highest BCUT2D eigenvalue weighted by atomic mass is 32.1. The van der Waals surface area contributed by atoms with Gasteiger partial charge in [-0.25, -0.2) is 9.78 Å². The van der Waals surface area contributed by atoms with Crippen LogP contribution in [0, 0.1) is 0 Å². The zero-order valence-corrected chi connectivity index (χ0v) is 13.3. The number of methoxy groups -OCH3 is 1. The number of H-pyrrole nitrogens is 1. The fourth-order valence-electron chi connectivity index (χ4n) is 2.17. The van der Waals surface area contributed by atoms with Crippen molar-refractivity contribution in [2.24, 2.45) is 0 Å². The van der Waals surface area contributed by atoms with Gasteiger partial charge in [0.25, 0.3) is 0 Å². The molecule has 0 atom stereocenters. The normalized spacial score (nSPS) is 11.8. The lowest BCUT2D eigenvalue weighted by atomic mass is 10.3. The van der Waals surface area contributed by atoms with E-state index >= 15 is 0 Å². The number of ether oxygens (including phenoxy) is 1. The van der Waals surface area contributed by atoms with Gasteiger partial charge in [-0.1, -0.05) is 11.3 Å². The molecule has 0 aliphatic heterocycles. The summed E-state index contributed by atoms with van der Waals surface area (Å²) in [6.07, 6.45) is 5.73. The lowest BCUT2D eigenvalue weighted by molar-refractivity contribution is 0.0595. The molecule has 114 valence electrons. The number of nitrogens with one attached hydrogen (secondary N) is 1. The first-order valence-electron chi connectivity index (χ1n) is 6.88. The van der Waals surface area contributed by atoms with Gasteiger partial charge in [-0.05, 0) is 38.1 Å². The first-order chi connectivity index (χ1) is 10.6. The molecule has 3 aromatic heterocycles. The van der Waals surface area contributed by atoms with Gasteiger partial charge in [0.15, 0.2) is 0 Å². The van der Waals surface area contributed by atoms with Gasteiger partial charge in [-0.3, -0.25) is 4.68 Å². The Morgan fingerprint density at radius 2 is 2.27 bits per heavy atom. The minimum Gasteiger partial charge on any atom is -0.464 e. The zero-order chi connectivity index (χ0) is 15.7. The van der Waals surface area contributed by atoms with E-state index in [9.17, 15) is 4.79 Å². The number of fused-ring (bicyclic) bond motifs is 1. The average molecular weight is 316 g/mol. The van der Waals surface area contributed by atoms with Crippen molar-refractivity contribution in [1.82, 2.24) is 19.7 Å². The molecule has 0 bridgehead atoms. The molecule has 22 heavy (non-hydrogen) atoms. The van der Waals surface area contributed by atoms with Crippen LogP contribution in [0.4, 0.5) is 0 Å². The van der Waals surface area contributed by atoms with E-state index in [0.29, 0.717) is 11.7 Å². The van der Waals surface area contributed by atoms with Crippen LogP contribution in [0.15, 0.2) is 18.3 Å². The van der Waals surface area contributed by atoms with Crippen LogP contribution >= 0.6 is 11.3 Å². The first-order valence-corrected chi connectivity index (χ1v) is 7.69. The lowest BCUT2D eigenvalue weighted by Crippen LogP contribution is -2.04. The Bertz CT molecular complexity index is 809. The molecule has 0 amide bonds. The number of thiazole rings is 1. The predicted molar refractivity (Wildman–Crippen MR) is 86.9 cm³/mol. The Morgan fingerprint density at radius 3 is 2.95 bits per heavy atom. The first kappa shape index (κ1) is 14.5. The molecule has 3 heterocycles. The van der Waals surface area contributed by atoms with Crippen LogP contribution in [0.3, 0.4) is 0 Å². The Hall–Kier alpha value is -2.41. The highest BCUT2D eigenvalue weighted by Gasteiger charge is 2.12. The van der Waals surface area contributed by atoms with Crippen LogP contribution in [0.25, 0.3) is 22.5 Å². The van der Waals surface area contributed by atoms with Gasteiger partial charge in [-0.2, -0.15) is 5.10 Å². The molecule has 0 saturated heterocycles. The van der Waals surface area contributed by atoms with E-state index < -0.39 is 0 Å². The summed E-state index contributed by atoms with van der Waals surface area (Å²) >= 11 is 1.49. The topological polar surface area (TPSA) is 72.8 Å². The highest BCUT2D eigenvalue weighted by Crippen LogP contribution is 2.24. The van der Waals surface area contributed by atoms with Crippen LogP contribution in [-0.2, 0) is 4.74 Å². The minimum atomic E-state index is -0.386. The fraction of sp³-hybridized carbons (Fsp3) is 0.267. The predicted octanol–water partition coefficient (Wildman–Crippen LogP) is 3.36. The molecule has 6 nitrogen and oxygen atoms in total. The summed E-state index contributed by atoms with van der Waals surface area (Å²) in [6, 6.07) is 3.97. The fourth-order valence-corrected chi connectivity index (χ4v) is 3.03.